The van der Waals surface area contributed by atoms with E-state index >= 15 is 0 Å². The largest absolute Gasteiger partial charge is 0.478 e. The Bertz CT molecular complexity index is 501. The van der Waals surface area contributed by atoms with Gasteiger partial charge in [0.25, 0.3) is 5.96 Å². The number of hydrogen-bond acceptors (Lipinski definition) is 5. The van der Waals surface area contributed by atoms with Crippen molar-refractivity contribution in [3.8, 4) is 0 Å². The summed E-state index contributed by atoms with van der Waals surface area (Å²) < 4.78 is 10.1. The van der Waals surface area contributed by atoms with Crippen LogP contribution in [0.3, 0.4) is 0 Å². The first-order chi connectivity index (χ1) is 10.8. The average molecular weight is 314 g/mol. The predicted molar refractivity (Wildman–Crippen MR) is 71.2 cm³/mol. The molecule has 0 aromatic heterocycles. The van der Waals surface area contributed by atoms with Crippen molar-refractivity contribution >= 4 is 17.8 Å². The van der Waals surface area contributed by atoms with Gasteiger partial charge in [0.1, 0.15) is 24.8 Å². The first kappa shape index (κ1) is 18.8. The number of amides is 1. The number of rotatable bonds is 7. The van der Waals surface area contributed by atoms with Gasteiger partial charge in [-0.2, -0.15) is 0 Å². The van der Waals surface area contributed by atoms with Crippen LogP contribution in [0.2, 0.25) is 0 Å². The molecule has 9 nitrogen and oxygen atoms in total. The van der Waals surface area contributed by atoms with E-state index in [1.54, 1.807) is 0 Å². The van der Waals surface area contributed by atoms with Gasteiger partial charge in [0, 0.05) is 19.4 Å². The second-order valence-corrected chi connectivity index (χ2v) is 4.12. The molecule has 0 saturated carbocycles. The minimum absolute atomic E-state index is 0.777. The topological polar surface area (TPSA) is 144 Å². The van der Waals surface area contributed by atoms with Gasteiger partial charge in [-0.05, 0) is 13.8 Å². The van der Waals surface area contributed by atoms with Crippen LogP contribution in [-0.2, 0) is 24.2 Å². The summed E-state index contributed by atoms with van der Waals surface area (Å²) in [5.74, 6) is -4.77. The van der Waals surface area contributed by atoms with E-state index in [-0.39, 0.29) is 0 Å². The van der Waals surface area contributed by atoms with E-state index in [0.29, 0.717) is 0 Å². The molecule has 9 heteroatoms. The summed E-state index contributed by atoms with van der Waals surface area (Å²) in [4.78, 5) is 25.5. The lowest BCUT2D eigenvalue weighted by Gasteiger charge is -2.36. The van der Waals surface area contributed by atoms with Crippen molar-refractivity contribution in [2.45, 2.75) is 24.3 Å². The van der Waals surface area contributed by atoms with Gasteiger partial charge in [0.15, 0.2) is 6.10 Å². The third-order valence-electron chi connectivity index (χ3n) is 2.64. The van der Waals surface area contributed by atoms with Gasteiger partial charge in [-0.1, -0.05) is 0 Å². The lowest BCUT2D eigenvalue weighted by molar-refractivity contribution is -0.147. The summed E-state index contributed by atoms with van der Waals surface area (Å²) in [7, 11) is 0. The fourth-order valence-electron chi connectivity index (χ4n) is 1.85. The SMILES string of the molecule is [CH2][C]O[C@H]([C][CH2])[C@@H]1OC(C([O])=O)=[C][C@H](N=C([N])[N])[C@H]1[N]C([CH2])=O. The number of ether oxygens (including phenoxy) is 2. The van der Waals surface area contributed by atoms with Gasteiger partial charge >= 0.3 is 5.97 Å². The van der Waals surface area contributed by atoms with Crippen LogP contribution in [0, 0.1) is 39.9 Å². The number of nitrogens with zero attached hydrogens (tertiary/aromatic N) is 4. The zero-order valence-electron chi connectivity index (χ0n) is 11.8. The van der Waals surface area contributed by atoms with Crippen molar-refractivity contribution in [1.82, 2.24) is 16.8 Å². The molecule has 23 heavy (non-hydrogen) atoms. The number of carbonyl (C=O) groups is 2. The molecular formula is C14H10N4O5. The molecule has 0 aromatic rings. The lowest BCUT2D eigenvalue weighted by Crippen LogP contribution is -2.54. The molecule has 1 aliphatic rings. The summed E-state index contributed by atoms with van der Waals surface area (Å²) >= 11 is 0. The molecule has 0 aromatic carbocycles. The van der Waals surface area contributed by atoms with Crippen LogP contribution < -0.4 is 16.8 Å². The quantitative estimate of drug-likeness (QED) is 0.411. The Labute approximate surface area is 134 Å². The molecule has 0 spiro atoms. The van der Waals surface area contributed by atoms with E-state index in [1.807, 2.05) is 0 Å². The monoisotopic (exact) mass is 314 g/mol. The first-order valence-corrected chi connectivity index (χ1v) is 6.04. The van der Waals surface area contributed by atoms with Crippen molar-refractivity contribution in [1.29, 1.82) is 0 Å². The minimum Gasteiger partial charge on any atom is -0.478 e. The first-order valence-electron chi connectivity index (χ1n) is 6.04. The highest BCUT2D eigenvalue weighted by Gasteiger charge is 2.44. The molecule has 1 amide bonds. The Balaban J connectivity index is 3.27. The van der Waals surface area contributed by atoms with Gasteiger partial charge in [0.05, 0.1) is 0 Å². The molecule has 0 fully saturated rings. The van der Waals surface area contributed by atoms with Gasteiger partial charge in [-0.15, -0.1) is 11.5 Å². The molecule has 0 bridgehead atoms. The highest BCUT2D eigenvalue weighted by atomic mass is 16.6. The molecule has 0 aliphatic carbocycles. The van der Waals surface area contributed by atoms with Crippen LogP contribution in [0.4, 0.5) is 0 Å². The number of hydrogen-bond donors (Lipinski definition) is 0. The van der Waals surface area contributed by atoms with Gasteiger partial charge in [-0.25, -0.2) is 20.2 Å². The highest BCUT2D eigenvalue weighted by Crippen LogP contribution is 2.26. The van der Waals surface area contributed by atoms with Crippen molar-refractivity contribution in [3.63, 3.8) is 0 Å². The molecule has 1 aliphatic heterocycles. The average Bonchev–Trinajstić information content (AvgIpc) is 2.45. The summed E-state index contributed by atoms with van der Waals surface area (Å²) in [6.07, 6.45) is 2.17. The Morgan fingerprint density at radius 3 is 2.48 bits per heavy atom. The maximum Gasteiger partial charge on any atom is 0.420 e. The van der Waals surface area contributed by atoms with Crippen molar-refractivity contribution in [3.05, 3.63) is 45.6 Å². The van der Waals surface area contributed by atoms with Crippen molar-refractivity contribution in [2.24, 2.45) is 4.99 Å². The van der Waals surface area contributed by atoms with Gasteiger partial charge < -0.3 is 9.47 Å². The highest BCUT2D eigenvalue weighted by molar-refractivity contribution is 5.84. The van der Waals surface area contributed by atoms with Crippen LogP contribution in [-0.4, -0.2) is 42.1 Å². The zero-order chi connectivity index (χ0) is 17.6. The molecule has 1 heterocycles. The summed E-state index contributed by atoms with van der Waals surface area (Å²) in [5.41, 5.74) is 17.8. The van der Waals surface area contributed by atoms with E-state index in [9.17, 15) is 14.7 Å². The Morgan fingerprint density at radius 1 is 1.39 bits per heavy atom. The van der Waals surface area contributed by atoms with E-state index in [2.05, 4.69) is 50.2 Å². The third-order valence-corrected chi connectivity index (χ3v) is 2.64. The Morgan fingerprint density at radius 2 is 2.04 bits per heavy atom. The fourth-order valence-corrected chi connectivity index (χ4v) is 1.85. The van der Waals surface area contributed by atoms with E-state index in [0.717, 1.165) is 0 Å². The number of carbonyl (C=O) groups excluding carboxylic acids is 2. The maximum absolute atomic E-state index is 11.2. The van der Waals surface area contributed by atoms with Crippen molar-refractivity contribution < 1.29 is 24.2 Å². The molecule has 0 saturated heterocycles. The molecule has 116 valence electrons. The molecule has 0 N–H and O–H groups in total. The molecule has 4 atom stereocenters. The fraction of sp³-hybridized carbons (Fsp3) is 0.286. The summed E-state index contributed by atoms with van der Waals surface area (Å²) in [6, 6.07) is -2.63. The lowest BCUT2D eigenvalue weighted by atomic mass is 9.93. The van der Waals surface area contributed by atoms with E-state index in [4.69, 9.17) is 20.9 Å². The second-order valence-electron chi connectivity index (χ2n) is 4.12. The van der Waals surface area contributed by atoms with E-state index < -0.39 is 47.9 Å². The van der Waals surface area contributed by atoms with Crippen molar-refractivity contribution in [2.75, 3.05) is 0 Å². The van der Waals surface area contributed by atoms with Crippen LogP contribution >= 0.6 is 0 Å². The zero-order valence-corrected chi connectivity index (χ0v) is 11.8. The molecule has 0 unspecified atom stereocenters. The van der Waals surface area contributed by atoms with Crippen LogP contribution in [0.15, 0.2) is 10.8 Å². The standard InChI is InChI=1S/C14H10N4O5/c1-4-9(22-5-2)12-11(17-7(3)19)8(18-14(15)16)6-10(23-12)13(20)21/h8-9,11-12H,1-3H2/t8-,9+,11+,12-/m0/s1. The normalized spacial score (nSPS) is 24.8. The Kier molecular flexibility index (Phi) is 6.83. The maximum atomic E-state index is 11.2. The van der Waals surface area contributed by atoms with Crippen LogP contribution in [0.25, 0.3) is 0 Å². The van der Waals surface area contributed by atoms with Gasteiger partial charge in [0.2, 0.25) is 11.7 Å². The predicted octanol–water partition coefficient (Wildman–Crippen LogP) is -1.60. The molecular weight excluding hydrogens is 304 g/mol. The third kappa shape index (κ3) is 5.13. The Hall–Kier alpha value is -2.29. The summed E-state index contributed by atoms with van der Waals surface area (Å²) in [5, 5.41) is 14.6. The van der Waals surface area contributed by atoms with E-state index in [1.165, 1.54) is 0 Å². The second kappa shape index (κ2) is 8.37. The van der Waals surface area contributed by atoms with Crippen LogP contribution in [0.1, 0.15) is 0 Å². The summed E-state index contributed by atoms with van der Waals surface area (Å²) in [6.45, 7) is 11.7. The molecule has 14 radical (unpaired) electrons. The number of guanidine groups is 1. The van der Waals surface area contributed by atoms with Gasteiger partial charge in [-0.3, -0.25) is 4.79 Å². The molecule has 1 rings (SSSR count). The minimum atomic E-state index is -1.74. The smallest absolute Gasteiger partial charge is 0.420 e. The number of aliphatic imine (C=N–C) groups is 1. The van der Waals surface area contributed by atoms with Crippen LogP contribution in [0.5, 0.6) is 0 Å².